The maximum Gasteiger partial charge on any atom is 0.229 e. The van der Waals surface area contributed by atoms with Gasteiger partial charge in [-0.1, -0.05) is 17.3 Å². The van der Waals surface area contributed by atoms with Gasteiger partial charge in [-0.15, -0.1) is 0 Å². The summed E-state index contributed by atoms with van der Waals surface area (Å²) < 4.78 is 10.8. The molecule has 1 aliphatic heterocycles. The number of benzene rings is 1. The number of phenolic OH excluding ortho intramolecular Hbond substituents is 1. The molecule has 0 radical (unpaired) electrons. The summed E-state index contributed by atoms with van der Waals surface area (Å²) in [4.78, 5) is 4.32. The number of aromatic nitrogens is 2. The molecule has 3 rings (SSSR count). The van der Waals surface area contributed by atoms with Gasteiger partial charge in [0.15, 0.2) is 0 Å². The highest BCUT2D eigenvalue weighted by molar-refractivity contribution is 5.56. The van der Waals surface area contributed by atoms with E-state index in [9.17, 15) is 5.11 Å². The minimum Gasteiger partial charge on any atom is -0.508 e. The summed E-state index contributed by atoms with van der Waals surface area (Å²) in [5.41, 5.74) is 0.734. The zero-order valence-corrected chi connectivity index (χ0v) is 10.4. The van der Waals surface area contributed by atoms with Crippen molar-refractivity contribution in [3.8, 4) is 17.1 Å². The van der Waals surface area contributed by atoms with Crippen LogP contribution in [-0.4, -0.2) is 41.0 Å². The summed E-state index contributed by atoms with van der Waals surface area (Å²) in [6.07, 6.45) is 0.671. The lowest BCUT2D eigenvalue weighted by molar-refractivity contribution is 0.0246. The first-order valence-electron chi connectivity index (χ1n) is 6.25. The quantitative estimate of drug-likeness (QED) is 0.857. The van der Waals surface area contributed by atoms with Crippen molar-refractivity contribution < 1.29 is 14.4 Å². The van der Waals surface area contributed by atoms with Crippen LogP contribution >= 0.6 is 0 Å². The number of hydrogen-bond donors (Lipinski definition) is 2. The number of ether oxygens (including phenoxy) is 1. The van der Waals surface area contributed by atoms with Crippen LogP contribution in [0.5, 0.6) is 5.75 Å². The Labute approximate surface area is 110 Å². The zero-order valence-electron chi connectivity index (χ0n) is 10.4. The van der Waals surface area contributed by atoms with Gasteiger partial charge in [-0.2, -0.15) is 4.98 Å². The van der Waals surface area contributed by atoms with Gasteiger partial charge in [0.05, 0.1) is 19.1 Å². The van der Waals surface area contributed by atoms with Gasteiger partial charge in [-0.05, 0) is 12.1 Å². The van der Waals surface area contributed by atoms with E-state index in [0.29, 0.717) is 24.7 Å². The molecule has 1 atom stereocenters. The monoisotopic (exact) mass is 261 g/mol. The molecule has 2 N–H and O–H groups in total. The Bertz CT molecular complexity index is 550. The van der Waals surface area contributed by atoms with Crippen LogP contribution in [0.25, 0.3) is 11.4 Å². The van der Waals surface area contributed by atoms with E-state index in [1.807, 2.05) is 6.07 Å². The van der Waals surface area contributed by atoms with E-state index in [-0.39, 0.29) is 11.9 Å². The van der Waals surface area contributed by atoms with Crippen molar-refractivity contribution in [2.45, 2.75) is 12.5 Å². The second kappa shape index (κ2) is 5.38. The smallest absolute Gasteiger partial charge is 0.229 e. The van der Waals surface area contributed by atoms with Gasteiger partial charge in [0.1, 0.15) is 5.75 Å². The molecule has 1 unspecified atom stereocenters. The molecule has 100 valence electrons. The highest BCUT2D eigenvalue weighted by atomic mass is 16.5. The summed E-state index contributed by atoms with van der Waals surface area (Å²) in [5, 5.41) is 16.6. The van der Waals surface area contributed by atoms with Crippen molar-refractivity contribution in [1.29, 1.82) is 0 Å². The van der Waals surface area contributed by atoms with E-state index in [1.165, 1.54) is 0 Å². The summed E-state index contributed by atoms with van der Waals surface area (Å²) in [6, 6.07) is 6.78. The lowest BCUT2D eigenvalue weighted by atomic mass is 10.2. The van der Waals surface area contributed by atoms with E-state index >= 15 is 0 Å². The molecule has 1 aromatic heterocycles. The number of nitrogens with zero attached hydrogens (tertiary/aromatic N) is 2. The fourth-order valence-electron chi connectivity index (χ4n) is 2.05. The Morgan fingerprint density at radius 2 is 2.37 bits per heavy atom. The van der Waals surface area contributed by atoms with E-state index in [1.54, 1.807) is 18.2 Å². The van der Waals surface area contributed by atoms with Crippen LogP contribution in [0.3, 0.4) is 0 Å². The molecule has 1 fully saturated rings. The maximum atomic E-state index is 9.43. The van der Waals surface area contributed by atoms with E-state index in [4.69, 9.17) is 9.26 Å². The average molecular weight is 261 g/mol. The molecule has 1 aliphatic rings. The third-order valence-electron chi connectivity index (χ3n) is 2.98. The molecule has 0 bridgehead atoms. The third kappa shape index (κ3) is 2.91. The van der Waals surface area contributed by atoms with Gasteiger partial charge >= 0.3 is 0 Å². The second-order valence-electron chi connectivity index (χ2n) is 4.46. The highest BCUT2D eigenvalue weighted by Gasteiger charge is 2.18. The van der Waals surface area contributed by atoms with Crippen molar-refractivity contribution in [3.63, 3.8) is 0 Å². The van der Waals surface area contributed by atoms with Gasteiger partial charge in [0.25, 0.3) is 0 Å². The van der Waals surface area contributed by atoms with Crippen molar-refractivity contribution in [1.82, 2.24) is 15.5 Å². The van der Waals surface area contributed by atoms with Crippen molar-refractivity contribution >= 4 is 0 Å². The van der Waals surface area contributed by atoms with Crippen LogP contribution in [0.2, 0.25) is 0 Å². The van der Waals surface area contributed by atoms with Crippen LogP contribution < -0.4 is 5.32 Å². The van der Waals surface area contributed by atoms with Crippen molar-refractivity contribution in [3.05, 3.63) is 30.2 Å². The predicted octanol–water partition coefficient (Wildman–Crippen LogP) is 0.973. The molecule has 6 nitrogen and oxygen atoms in total. The molecular weight excluding hydrogens is 246 g/mol. The Morgan fingerprint density at radius 3 is 3.16 bits per heavy atom. The molecule has 2 aromatic rings. The van der Waals surface area contributed by atoms with Crippen LogP contribution in [0.1, 0.15) is 5.89 Å². The Hall–Kier alpha value is -1.92. The van der Waals surface area contributed by atoms with E-state index in [2.05, 4.69) is 15.5 Å². The number of morpholine rings is 1. The molecule has 1 aromatic carbocycles. The Kier molecular flexibility index (Phi) is 3.43. The molecule has 0 saturated carbocycles. The first kappa shape index (κ1) is 12.1. The number of phenols is 1. The van der Waals surface area contributed by atoms with Crippen LogP contribution in [-0.2, 0) is 11.2 Å². The fourth-order valence-corrected chi connectivity index (χ4v) is 2.05. The number of nitrogens with one attached hydrogen (secondary N) is 1. The van der Waals surface area contributed by atoms with Gasteiger partial charge < -0.3 is 19.7 Å². The lowest BCUT2D eigenvalue weighted by Crippen LogP contribution is -2.39. The third-order valence-corrected chi connectivity index (χ3v) is 2.98. The number of aromatic hydroxyl groups is 1. The maximum absolute atomic E-state index is 9.43. The second-order valence-corrected chi connectivity index (χ2v) is 4.46. The van der Waals surface area contributed by atoms with Crippen molar-refractivity contribution in [2.24, 2.45) is 0 Å². The van der Waals surface area contributed by atoms with Gasteiger partial charge in [-0.25, -0.2) is 0 Å². The normalized spacial score (nSPS) is 19.5. The van der Waals surface area contributed by atoms with Crippen LogP contribution in [0.15, 0.2) is 28.8 Å². The van der Waals surface area contributed by atoms with Gasteiger partial charge in [-0.3, -0.25) is 0 Å². The standard InChI is InChI=1S/C13H15N3O3/c17-10-3-1-2-9(6-10)13-15-12(19-16-13)7-11-8-14-4-5-18-11/h1-3,6,11,14,17H,4-5,7-8H2. The fraction of sp³-hybridized carbons (Fsp3) is 0.385. The molecule has 1 saturated heterocycles. The summed E-state index contributed by atoms with van der Waals surface area (Å²) in [6.45, 7) is 2.39. The molecular formula is C13H15N3O3. The molecule has 0 aliphatic carbocycles. The van der Waals surface area contributed by atoms with Crippen molar-refractivity contribution in [2.75, 3.05) is 19.7 Å². The molecule has 0 spiro atoms. The molecule has 2 heterocycles. The Morgan fingerprint density at radius 1 is 1.42 bits per heavy atom. The topological polar surface area (TPSA) is 80.4 Å². The minimum absolute atomic E-state index is 0.0752. The number of hydrogen-bond acceptors (Lipinski definition) is 6. The van der Waals surface area contributed by atoms with E-state index in [0.717, 1.165) is 18.7 Å². The average Bonchev–Trinajstić information content (AvgIpc) is 2.88. The number of rotatable bonds is 3. The first-order chi connectivity index (χ1) is 9.31. The van der Waals surface area contributed by atoms with Gasteiger partial charge in [0.2, 0.25) is 11.7 Å². The highest BCUT2D eigenvalue weighted by Crippen LogP contribution is 2.20. The van der Waals surface area contributed by atoms with Crippen LogP contribution in [0.4, 0.5) is 0 Å². The summed E-state index contributed by atoms with van der Waals surface area (Å²) >= 11 is 0. The molecule has 0 amide bonds. The molecule has 6 heteroatoms. The largest absolute Gasteiger partial charge is 0.508 e. The first-order valence-corrected chi connectivity index (χ1v) is 6.25. The SMILES string of the molecule is Oc1cccc(-c2noc(CC3CNCCO3)n2)c1. The van der Waals surface area contributed by atoms with Gasteiger partial charge in [0, 0.05) is 18.7 Å². The van der Waals surface area contributed by atoms with E-state index < -0.39 is 0 Å². The van der Waals surface area contributed by atoms with Crippen LogP contribution in [0, 0.1) is 0 Å². The molecule has 19 heavy (non-hydrogen) atoms. The lowest BCUT2D eigenvalue weighted by Gasteiger charge is -2.21. The Balaban J connectivity index is 1.72. The zero-order chi connectivity index (χ0) is 13.1. The summed E-state index contributed by atoms with van der Waals surface area (Å²) in [7, 11) is 0. The summed E-state index contributed by atoms with van der Waals surface area (Å²) in [5.74, 6) is 1.21. The minimum atomic E-state index is 0.0752. The predicted molar refractivity (Wildman–Crippen MR) is 67.7 cm³/mol.